The van der Waals surface area contributed by atoms with E-state index < -0.39 is 5.97 Å². The van der Waals surface area contributed by atoms with E-state index in [2.05, 4.69) is 9.98 Å². The molecule has 0 aliphatic rings. The molecule has 0 atom stereocenters. The van der Waals surface area contributed by atoms with Crippen molar-refractivity contribution in [2.45, 2.75) is 6.42 Å². The number of carbonyl (C=O) groups is 1. The van der Waals surface area contributed by atoms with Crippen LogP contribution in [0.15, 0.2) is 53.7 Å². The summed E-state index contributed by atoms with van der Waals surface area (Å²) >= 11 is 5.88. The van der Waals surface area contributed by atoms with E-state index in [1.807, 2.05) is 55.4 Å². The van der Waals surface area contributed by atoms with Gasteiger partial charge in [-0.05, 0) is 35.1 Å². The highest BCUT2D eigenvalue weighted by atomic mass is 35.5. The number of halogens is 1. The van der Waals surface area contributed by atoms with Crippen molar-refractivity contribution in [3.05, 3.63) is 70.5 Å². The average Bonchev–Trinajstić information content (AvgIpc) is 2.67. The quantitative estimate of drug-likeness (QED) is 0.283. The van der Waals surface area contributed by atoms with Crippen molar-refractivity contribution in [3.8, 4) is 0 Å². The third-order valence-electron chi connectivity index (χ3n) is 4.11. The number of nitrogens with zero attached hydrogens (tertiary/aromatic N) is 3. The predicted molar refractivity (Wildman–Crippen MR) is 109 cm³/mol. The van der Waals surface area contributed by atoms with Gasteiger partial charge in [0.25, 0.3) is 0 Å². The summed E-state index contributed by atoms with van der Waals surface area (Å²) in [6, 6.07) is 13.5. The van der Waals surface area contributed by atoms with Crippen LogP contribution in [-0.2, 0) is 11.2 Å². The minimum Gasteiger partial charge on any atom is -0.465 e. The van der Waals surface area contributed by atoms with Crippen LogP contribution < -0.4 is 0 Å². The molecular formula is C21H20ClN3O2. The monoisotopic (exact) mass is 381 g/mol. The van der Waals surface area contributed by atoms with E-state index >= 15 is 0 Å². The molecule has 1 aromatic heterocycles. The molecule has 138 valence electrons. The second kappa shape index (κ2) is 8.18. The summed E-state index contributed by atoms with van der Waals surface area (Å²) in [6.45, 7) is 0. The third-order valence-corrected chi connectivity index (χ3v) is 4.33. The minimum absolute atomic E-state index is 0.415. The van der Waals surface area contributed by atoms with Crippen molar-refractivity contribution in [2.24, 2.45) is 4.99 Å². The van der Waals surface area contributed by atoms with Gasteiger partial charge in [-0.25, -0.2) is 14.8 Å². The molecule has 0 radical (unpaired) electrons. The first-order valence-corrected chi connectivity index (χ1v) is 8.81. The largest absolute Gasteiger partial charge is 0.465 e. The zero-order valence-electron chi connectivity index (χ0n) is 15.4. The highest BCUT2D eigenvalue weighted by Gasteiger charge is 2.18. The standard InChI is InChI=1S/C21H20ClN3O2/c1-25(2)13-24-20-17-7-5-4-6-16(17)15(11-18(20)21(26)27-3)10-14-8-9-19(22)23-12-14/h4-9,11-13H,10H2,1-3H3/b24-13+. The second-order valence-corrected chi connectivity index (χ2v) is 6.73. The first-order chi connectivity index (χ1) is 13.0. The van der Waals surface area contributed by atoms with Gasteiger partial charge in [0.2, 0.25) is 0 Å². The number of esters is 1. The van der Waals surface area contributed by atoms with Gasteiger partial charge in [-0.1, -0.05) is 41.9 Å². The number of carbonyl (C=O) groups excluding carboxylic acids is 1. The Hall–Kier alpha value is -2.92. The zero-order valence-corrected chi connectivity index (χ0v) is 16.2. The van der Waals surface area contributed by atoms with Crippen LogP contribution in [-0.4, -0.2) is 43.4 Å². The van der Waals surface area contributed by atoms with Crippen LogP contribution in [0.25, 0.3) is 10.8 Å². The average molecular weight is 382 g/mol. The Kier molecular flexibility index (Phi) is 5.72. The molecule has 0 aliphatic carbocycles. The van der Waals surface area contributed by atoms with E-state index in [9.17, 15) is 4.79 Å². The van der Waals surface area contributed by atoms with Gasteiger partial charge in [0.15, 0.2) is 0 Å². The lowest BCUT2D eigenvalue weighted by Crippen LogP contribution is -2.08. The molecule has 0 unspecified atom stereocenters. The highest BCUT2D eigenvalue weighted by molar-refractivity contribution is 6.29. The van der Waals surface area contributed by atoms with Crippen molar-refractivity contribution < 1.29 is 9.53 Å². The Morgan fingerprint density at radius 2 is 1.96 bits per heavy atom. The first kappa shape index (κ1) is 18.9. The van der Waals surface area contributed by atoms with E-state index in [1.54, 1.807) is 18.6 Å². The van der Waals surface area contributed by atoms with Crippen LogP contribution >= 0.6 is 11.6 Å². The molecule has 1 heterocycles. The summed E-state index contributed by atoms with van der Waals surface area (Å²) < 4.78 is 5.00. The van der Waals surface area contributed by atoms with E-state index in [0.29, 0.717) is 22.8 Å². The number of methoxy groups -OCH3 is 1. The number of hydrogen-bond donors (Lipinski definition) is 0. The third kappa shape index (κ3) is 4.26. The molecule has 0 saturated carbocycles. The van der Waals surface area contributed by atoms with Crippen molar-refractivity contribution in [2.75, 3.05) is 21.2 Å². The molecule has 0 bridgehead atoms. The second-order valence-electron chi connectivity index (χ2n) is 6.34. The maximum absolute atomic E-state index is 12.4. The summed E-state index contributed by atoms with van der Waals surface area (Å²) in [5.41, 5.74) is 3.04. The van der Waals surface area contributed by atoms with Gasteiger partial charge >= 0.3 is 5.97 Å². The summed E-state index contributed by atoms with van der Waals surface area (Å²) in [6.07, 6.45) is 4.04. The Morgan fingerprint density at radius 1 is 1.22 bits per heavy atom. The van der Waals surface area contributed by atoms with Gasteiger partial charge in [-0.15, -0.1) is 0 Å². The van der Waals surface area contributed by atoms with Crippen molar-refractivity contribution >= 4 is 40.4 Å². The van der Waals surface area contributed by atoms with Crippen LogP contribution in [0.4, 0.5) is 5.69 Å². The topological polar surface area (TPSA) is 54.8 Å². The smallest absolute Gasteiger partial charge is 0.340 e. The van der Waals surface area contributed by atoms with E-state index in [0.717, 1.165) is 21.9 Å². The maximum Gasteiger partial charge on any atom is 0.340 e. The number of hydrogen-bond acceptors (Lipinski definition) is 4. The molecule has 5 nitrogen and oxygen atoms in total. The Bertz CT molecular complexity index is 998. The fraction of sp³-hybridized carbons (Fsp3) is 0.190. The molecule has 0 spiro atoms. The highest BCUT2D eigenvalue weighted by Crippen LogP contribution is 2.34. The zero-order chi connectivity index (χ0) is 19.4. The van der Waals surface area contributed by atoms with Gasteiger partial charge in [0.05, 0.1) is 24.7 Å². The van der Waals surface area contributed by atoms with E-state index in [-0.39, 0.29) is 0 Å². The van der Waals surface area contributed by atoms with Crippen LogP contribution in [0.1, 0.15) is 21.5 Å². The summed E-state index contributed by atoms with van der Waals surface area (Å²) in [4.78, 5) is 22.9. The number of aliphatic imine (C=N–C) groups is 1. The summed E-state index contributed by atoms with van der Waals surface area (Å²) in [5.74, 6) is -0.415. The van der Waals surface area contributed by atoms with Crippen molar-refractivity contribution in [3.63, 3.8) is 0 Å². The van der Waals surface area contributed by atoms with Crippen molar-refractivity contribution in [1.82, 2.24) is 9.88 Å². The predicted octanol–water partition coefficient (Wildman–Crippen LogP) is 4.49. The number of benzene rings is 2. The summed E-state index contributed by atoms with van der Waals surface area (Å²) in [7, 11) is 5.14. The number of ether oxygens (including phenoxy) is 1. The van der Waals surface area contributed by atoms with Gasteiger partial charge in [-0.2, -0.15) is 0 Å². The Labute approximate surface area is 163 Å². The lowest BCUT2D eigenvalue weighted by molar-refractivity contribution is 0.0602. The fourth-order valence-corrected chi connectivity index (χ4v) is 3.00. The molecule has 27 heavy (non-hydrogen) atoms. The molecule has 0 amide bonds. The van der Waals surface area contributed by atoms with Crippen molar-refractivity contribution in [1.29, 1.82) is 0 Å². The number of fused-ring (bicyclic) bond motifs is 1. The number of rotatable bonds is 5. The van der Waals surface area contributed by atoms with Crippen LogP contribution in [0.5, 0.6) is 0 Å². The van der Waals surface area contributed by atoms with E-state index in [4.69, 9.17) is 16.3 Å². The molecule has 0 aliphatic heterocycles. The molecule has 3 rings (SSSR count). The lowest BCUT2D eigenvalue weighted by Gasteiger charge is -2.14. The van der Waals surface area contributed by atoms with Crippen LogP contribution in [0.3, 0.4) is 0 Å². The Morgan fingerprint density at radius 3 is 2.59 bits per heavy atom. The molecule has 0 fully saturated rings. The number of aromatic nitrogens is 1. The Balaban J connectivity index is 2.21. The van der Waals surface area contributed by atoms with Gasteiger partial charge in [0.1, 0.15) is 5.15 Å². The lowest BCUT2D eigenvalue weighted by atomic mass is 9.94. The van der Waals surface area contributed by atoms with Gasteiger partial charge in [0, 0.05) is 25.7 Å². The van der Waals surface area contributed by atoms with Crippen LogP contribution in [0, 0.1) is 0 Å². The molecular weight excluding hydrogens is 362 g/mol. The van der Waals surface area contributed by atoms with E-state index in [1.165, 1.54) is 7.11 Å². The van der Waals surface area contributed by atoms with Crippen LogP contribution in [0.2, 0.25) is 5.15 Å². The molecule has 0 saturated heterocycles. The van der Waals surface area contributed by atoms with Gasteiger partial charge in [-0.3, -0.25) is 0 Å². The first-order valence-electron chi connectivity index (χ1n) is 8.43. The summed E-state index contributed by atoms with van der Waals surface area (Å²) in [5, 5.41) is 2.38. The molecule has 0 N–H and O–H groups in total. The fourth-order valence-electron chi connectivity index (χ4n) is 2.89. The minimum atomic E-state index is -0.415. The number of pyridine rings is 1. The SMILES string of the molecule is COC(=O)c1cc(Cc2ccc(Cl)nc2)c2ccccc2c1/N=C/N(C)C. The maximum atomic E-state index is 12.4. The molecule has 6 heteroatoms. The molecule has 2 aromatic carbocycles. The van der Waals surface area contributed by atoms with Gasteiger partial charge < -0.3 is 9.64 Å². The normalized spacial score (nSPS) is 11.1. The molecule has 3 aromatic rings.